The van der Waals surface area contributed by atoms with Gasteiger partial charge < -0.3 is 10.6 Å². The largest absolute Gasteiger partial charge is 0.353 e. The Hall–Kier alpha value is -3.13. The highest BCUT2D eigenvalue weighted by Crippen LogP contribution is 2.21. The van der Waals surface area contributed by atoms with Gasteiger partial charge in [0.15, 0.2) is 5.16 Å². The number of aromatic nitrogens is 2. The maximum absolute atomic E-state index is 13.4. The summed E-state index contributed by atoms with van der Waals surface area (Å²) in [5, 5.41) is 7.05. The lowest BCUT2D eigenvalue weighted by Gasteiger charge is -2.22. The fourth-order valence-corrected chi connectivity index (χ4v) is 5.14. The van der Waals surface area contributed by atoms with Gasteiger partial charge in [-0.25, -0.2) is 4.98 Å². The van der Waals surface area contributed by atoms with Crippen LogP contribution in [0.3, 0.4) is 0 Å². The standard InChI is InChI=1S/C27H32N4O3S/c1-18(2)28-25(33)20-14-12-19(13-15-20)16-31-26(34)22-10-6-7-11-23(22)30-27(31)35-17-24(32)29-21-8-4-3-5-9-21/h6-7,10-15,18,21H,3-5,8-9,16-17H2,1-2H3,(H,28,33)(H,29,32). The van der Waals surface area contributed by atoms with E-state index in [0.717, 1.165) is 31.2 Å². The van der Waals surface area contributed by atoms with Crippen molar-refractivity contribution in [1.82, 2.24) is 20.2 Å². The van der Waals surface area contributed by atoms with Crippen molar-refractivity contribution >= 4 is 34.5 Å². The first-order valence-corrected chi connectivity index (χ1v) is 13.2. The minimum Gasteiger partial charge on any atom is -0.353 e. The van der Waals surface area contributed by atoms with Gasteiger partial charge in [0.25, 0.3) is 11.5 Å². The number of rotatable bonds is 8. The van der Waals surface area contributed by atoms with Gasteiger partial charge >= 0.3 is 0 Å². The zero-order chi connectivity index (χ0) is 24.8. The van der Waals surface area contributed by atoms with E-state index in [9.17, 15) is 14.4 Å². The van der Waals surface area contributed by atoms with Gasteiger partial charge in [0, 0.05) is 17.6 Å². The number of amides is 2. The zero-order valence-electron chi connectivity index (χ0n) is 20.3. The van der Waals surface area contributed by atoms with Crippen LogP contribution in [0.5, 0.6) is 0 Å². The molecule has 4 rings (SSSR count). The topological polar surface area (TPSA) is 93.1 Å². The Kier molecular flexibility index (Phi) is 8.23. The van der Waals surface area contributed by atoms with Crippen molar-refractivity contribution in [2.24, 2.45) is 0 Å². The summed E-state index contributed by atoms with van der Waals surface area (Å²) in [5.74, 6) is 0.0444. The number of carbonyl (C=O) groups is 2. The minimum atomic E-state index is -0.146. The van der Waals surface area contributed by atoms with E-state index in [4.69, 9.17) is 4.98 Å². The second-order valence-electron chi connectivity index (χ2n) is 9.32. The van der Waals surface area contributed by atoms with Crippen molar-refractivity contribution in [2.75, 3.05) is 5.75 Å². The molecular formula is C27H32N4O3S. The lowest BCUT2D eigenvalue weighted by atomic mass is 9.95. The predicted octanol–water partition coefficient (Wildman–Crippen LogP) is 4.12. The number of para-hydroxylation sites is 1. The van der Waals surface area contributed by atoms with Gasteiger partial charge in [-0.2, -0.15) is 0 Å². The van der Waals surface area contributed by atoms with Crippen LogP contribution in [-0.4, -0.2) is 39.2 Å². The number of hydrogen-bond acceptors (Lipinski definition) is 5. The molecule has 2 aromatic carbocycles. The first-order chi connectivity index (χ1) is 16.9. The molecule has 1 heterocycles. The summed E-state index contributed by atoms with van der Waals surface area (Å²) in [5.41, 5.74) is 1.91. The molecule has 0 aliphatic heterocycles. The SMILES string of the molecule is CC(C)NC(=O)c1ccc(Cn2c(SCC(=O)NC3CCCCC3)nc3ccccc3c2=O)cc1. The van der Waals surface area contributed by atoms with Gasteiger partial charge in [0.05, 0.1) is 23.2 Å². The molecule has 0 atom stereocenters. The second kappa shape index (κ2) is 11.5. The molecule has 0 bridgehead atoms. The molecule has 0 saturated heterocycles. The van der Waals surface area contributed by atoms with Gasteiger partial charge in [-0.3, -0.25) is 19.0 Å². The molecule has 0 unspecified atom stereocenters. The van der Waals surface area contributed by atoms with E-state index in [1.54, 1.807) is 22.8 Å². The van der Waals surface area contributed by atoms with Gasteiger partial charge in [-0.1, -0.05) is 55.3 Å². The summed E-state index contributed by atoms with van der Waals surface area (Å²) in [7, 11) is 0. The summed E-state index contributed by atoms with van der Waals surface area (Å²) < 4.78 is 1.62. The van der Waals surface area contributed by atoms with Crippen LogP contribution < -0.4 is 16.2 Å². The Labute approximate surface area is 209 Å². The van der Waals surface area contributed by atoms with Crippen LogP contribution in [0.25, 0.3) is 10.9 Å². The smallest absolute Gasteiger partial charge is 0.262 e. The number of nitrogens with one attached hydrogen (secondary N) is 2. The van der Waals surface area contributed by atoms with Crippen molar-refractivity contribution in [1.29, 1.82) is 0 Å². The maximum atomic E-state index is 13.4. The van der Waals surface area contributed by atoms with Crippen molar-refractivity contribution in [3.8, 4) is 0 Å². The van der Waals surface area contributed by atoms with E-state index in [1.807, 2.05) is 44.2 Å². The van der Waals surface area contributed by atoms with Gasteiger partial charge in [-0.05, 0) is 56.5 Å². The Balaban J connectivity index is 1.54. The molecular weight excluding hydrogens is 460 g/mol. The third-order valence-corrected chi connectivity index (χ3v) is 7.08. The van der Waals surface area contributed by atoms with E-state index < -0.39 is 0 Å². The van der Waals surface area contributed by atoms with E-state index in [-0.39, 0.29) is 35.2 Å². The van der Waals surface area contributed by atoms with Crippen LogP contribution in [0.4, 0.5) is 0 Å². The highest BCUT2D eigenvalue weighted by Gasteiger charge is 2.18. The third kappa shape index (κ3) is 6.51. The van der Waals surface area contributed by atoms with Gasteiger partial charge in [-0.15, -0.1) is 0 Å². The van der Waals surface area contributed by atoms with Crippen LogP contribution in [-0.2, 0) is 11.3 Å². The van der Waals surface area contributed by atoms with Crippen molar-refractivity contribution in [3.63, 3.8) is 0 Å². The molecule has 1 aromatic heterocycles. The monoisotopic (exact) mass is 492 g/mol. The Bertz CT molecular complexity index is 1250. The van der Waals surface area contributed by atoms with Crippen molar-refractivity contribution in [2.45, 2.75) is 69.7 Å². The highest BCUT2D eigenvalue weighted by atomic mass is 32.2. The molecule has 0 spiro atoms. The summed E-state index contributed by atoms with van der Waals surface area (Å²) in [6.07, 6.45) is 5.60. The summed E-state index contributed by atoms with van der Waals surface area (Å²) in [4.78, 5) is 42.9. The summed E-state index contributed by atoms with van der Waals surface area (Å²) >= 11 is 1.28. The Morgan fingerprint density at radius 1 is 1.06 bits per heavy atom. The first kappa shape index (κ1) is 25.0. The van der Waals surface area contributed by atoms with Crippen LogP contribution in [0.2, 0.25) is 0 Å². The molecule has 3 aromatic rings. The van der Waals surface area contributed by atoms with Crippen LogP contribution in [0.15, 0.2) is 58.5 Å². The average molecular weight is 493 g/mol. The number of benzene rings is 2. The van der Waals surface area contributed by atoms with Crippen LogP contribution in [0.1, 0.15) is 61.9 Å². The quantitative estimate of drug-likeness (QED) is 0.364. The Morgan fingerprint density at radius 2 is 1.77 bits per heavy atom. The highest BCUT2D eigenvalue weighted by molar-refractivity contribution is 7.99. The number of fused-ring (bicyclic) bond motifs is 1. The molecule has 184 valence electrons. The summed E-state index contributed by atoms with van der Waals surface area (Å²) in [6.45, 7) is 4.13. The van der Waals surface area contributed by atoms with Crippen LogP contribution in [0, 0.1) is 0 Å². The van der Waals surface area contributed by atoms with E-state index >= 15 is 0 Å². The molecule has 2 N–H and O–H groups in total. The first-order valence-electron chi connectivity index (χ1n) is 12.2. The number of nitrogens with zero attached hydrogens (tertiary/aromatic N) is 2. The minimum absolute atomic E-state index is 0.0311. The molecule has 1 aliphatic carbocycles. The second-order valence-corrected chi connectivity index (χ2v) is 10.3. The molecule has 35 heavy (non-hydrogen) atoms. The normalized spacial score (nSPS) is 14.3. The number of thioether (sulfide) groups is 1. The lowest BCUT2D eigenvalue weighted by molar-refractivity contribution is -0.119. The molecule has 1 saturated carbocycles. The van der Waals surface area contributed by atoms with Crippen molar-refractivity contribution in [3.05, 3.63) is 70.0 Å². The fourth-order valence-electron chi connectivity index (χ4n) is 4.33. The predicted molar refractivity (Wildman–Crippen MR) is 140 cm³/mol. The molecule has 8 heteroatoms. The van der Waals surface area contributed by atoms with Crippen molar-refractivity contribution < 1.29 is 9.59 Å². The van der Waals surface area contributed by atoms with Gasteiger partial charge in [0.2, 0.25) is 5.91 Å². The average Bonchev–Trinajstić information content (AvgIpc) is 2.85. The van der Waals surface area contributed by atoms with E-state index in [2.05, 4.69) is 10.6 Å². The maximum Gasteiger partial charge on any atom is 0.262 e. The molecule has 2 amide bonds. The number of hydrogen-bond donors (Lipinski definition) is 2. The third-order valence-electron chi connectivity index (χ3n) is 6.11. The molecule has 1 fully saturated rings. The number of carbonyl (C=O) groups excluding carboxylic acids is 2. The molecule has 7 nitrogen and oxygen atoms in total. The van der Waals surface area contributed by atoms with E-state index in [0.29, 0.717) is 28.2 Å². The molecule has 1 aliphatic rings. The van der Waals surface area contributed by atoms with E-state index in [1.165, 1.54) is 18.2 Å². The lowest BCUT2D eigenvalue weighted by Crippen LogP contribution is -2.37. The fraction of sp³-hybridized carbons (Fsp3) is 0.407. The zero-order valence-corrected chi connectivity index (χ0v) is 21.1. The van der Waals surface area contributed by atoms with Crippen LogP contribution >= 0.6 is 11.8 Å². The Morgan fingerprint density at radius 3 is 2.49 bits per heavy atom. The summed E-state index contributed by atoms with van der Waals surface area (Å²) in [6, 6.07) is 14.8. The molecule has 0 radical (unpaired) electrons. The van der Waals surface area contributed by atoms with Gasteiger partial charge in [0.1, 0.15) is 0 Å².